The molecule has 19 aromatic rings. The lowest BCUT2D eigenvalue weighted by molar-refractivity contribution is -0.134. The zero-order valence-electron chi connectivity index (χ0n) is 77.8. The molecule has 0 aliphatic heterocycles. The topological polar surface area (TPSA) is 460 Å². The predicted molar refractivity (Wildman–Crippen MR) is 538 cm³/mol. The van der Waals surface area contributed by atoms with E-state index in [0.29, 0.717) is 86.9 Å². The molecule has 1 aliphatic carbocycles. The number of aromatic nitrogens is 11. The number of carbonyl (C=O) groups excluding carboxylic acids is 1. The maximum atomic E-state index is 11.7. The van der Waals surface area contributed by atoms with Crippen LogP contribution in [0, 0.1) is 5.92 Å². The molecule has 0 unspecified atom stereocenters. The van der Waals surface area contributed by atoms with E-state index in [1.807, 2.05) is 204 Å². The van der Waals surface area contributed by atoms with Crippen molar-refractivity contribution < 1.29 is 87.8 Å². The number of imidazole rings is 1. The number of nitrogens with zero attached hydrogens (tertiary/aromatic N) is 12. The van der Waals surface area contributed by atoms with Gasteiger partial charge in [0.05, 0.1) is 156 Å². The summed E-state index contributed by atoms with van der Waals surface area (Å²) in [6.45, 7) is 4.31. The van der Waals surface area contributed by atoms with E-state index in [2.05, 4.69) is 67.2 Å². The second-order valence-electron chi connectivity index (χ2n) is 32.7. The molecule has 0 saturated heterocycles. The molecule has 36 nitrogen and oxygen atoms in total. The normalized spacial score (nSPS) is 13.2. The summed E-state index contributed by atoms with van der Waals surface area (Å²) in [4.78, 5) is 38.8. The van der Waals surface area contributed by atoms with E-state index in [-0.39, 0.29) is 29.9 Å². The number of carbonyl (C=O) groups is 1. The van der Waals surface area contributed by atoms with E-state index in [0.717, 1.165) is 168 Å². The monoisotopic (exact) mass is 1950 g/mol. The van der Waals surface area contributed by atoms with E-state index in [1.165, 1.54) is 6.20 Å². The van der Waals surface area contributed by atoms with E-state index < -0.39 is 30.3 Å². The zero-order valence-corrected chi connectivity index (χ0v) is 80.3. The highest BCUT2D eigenvalue weighted by Crippen LogP contribution is 2.44. The fraction of sp³-hybridized carbons (Fsp3) is 0.198. The van der Waals surface area contributed by atoms with E-state index >= 15 is 0 Å². The number of primary sulfonamides is 2. The molecule has 39 heteroatoms. The van der Waals surface area contributed by atoms with Crippen LogP contribution >= 0.6 is 0 Å². The summed E-state index contributed by atoms with van der Waals surface area (Å²) in [5.41, 5.74) is 18.2. The van der Waals surface area contributed by atoms with Crippen molar-refractivity contribution in [2.75, 3.05) is 76.2 Å². The molecule has 722 valence electrons. The van der Waals surface area contributed by atoms with Crippen LogP contribution in [0.4, 0.5) is 5.69 Å². The van der Waals surface area contributed by atoms with Gasteiger partial charge in [0.15, 0.2) is 57.5 Å². The van der Waals surface area contributed by atoms with Crippen LogP contribution in [0.2, 0.25) is 0 Å². The summed E-state index contributed by atoms with van der Waals surface area (Å²) in [6.07, 6.45) is 23.5. The van der Waals surface area contributed by atoms with Crippen molar-refractivity contribution >= 4 is 151 Å². The highest BCUT2D eigenvalue weighted by molar-refractivity contribution is 7.88. The first-order valence-electron chi connectivity index (χ1n) is 43.6. The average molecular weight is 1950 g/mol. The first kappa shape index (κ1) is 97.4. The zero-order chi connectivity index (χ0) is 99.0. The number of nitrogens with one attached hydrogen (secondary N) is 2. The molecule has 1 fully saturated rings. The number of pyridine rings is 5. The van der Waals surface area contributed by atoms with Crippen LogP contribution in [-0.4, -0.2) is 165 Å². The highest BCUT2D eigenvalue weighted by Gasteiger charge is 2.29. The molecule has 1 saturated carbocycles. The first-order valence-corrected chi connectivity index (χ1v) is 48.6. The van der Waals surface area contributed by atoms with Gasteiger partial charge in [0.1, 0.15) is 5.52 Å². The van der Waals surface area contributed by atoms with Gasteiger partial charge < -0.3 is 70.2 Å². The Labute approximate surface area is 804 Å². The quantitative estimate of drug-likeness (QED) is 0.0195. The maximum Gasteiger partial charge on any atom is 0.274 e. The van der Waals surface area contributed by atoms with Gasteiger partial charge in [-0.25, -0.2) is 47.8 Å². The van der Waals surface area contributed by atoms with Crippen LogP contribution in [0.25, 0.3) is 126 Å². The molecule has 0 radical (unpaired) electrons. The number of sulfonamides is 2. The van der Waals surface area contributed by atoms with Crippen LogP contribution < -0.4 is 78.1 Å². The lowest BCUT2D eigenvalue weighted by Gasteiger charge is -2.29. The Morgan fingerprint density at radius 3 is 1.05 bits per heavy atom. The van der Waals surface area contributed by atoms with Crippen molar-refractivity contribution in [3.63, 3.8) is 0 Å². The van der Waals surface area contributed by atoms with E-state index in [4.69, 9.17) is 68.0 Å². The van der Waals surface area contributed by atoms with Gasteiger partial charge in [-0.2, -0.15) is 13.1 Å². The highest BCUT2D eigenvalue weighted by atomic mass is 32.2. The Hall–Kier alpha value is -15.7. The van der Waals surface area contributed by atoms with Crippen LogP contribution in [0.3, 0.4) is 0 Å². The van der Waals surface area contributed by atoms with Crippen LogP contribution in [0.5, 0.6) is 57.5 Å². The van der Waals surface area contributed by atoms with Crippen molar-refractivity contribution in [1.82, 2.24) is 62.9 Å². The van der Waals surface area contributed by atoms with Gasteiger partial charge in [-0.3, -0.25) is 40.1 Å². The number of benzene rings is 9. The standard InChI is InChI=1S/C21H20N4O3.C20H20N4O4S.2C20H19N3O4S.C20H23N3O4/c1-4-25(26)15-7-5-14(6-8-15)12-24-13-23-18-11-22-17-10-20(28-3)19(27-2)9-16(17)21(18)24;1-27-18-9-16-17(10-19(18)28-2)22-12-14-7-8-24(20(14)16)15-5-3-13(4-6-15)11-23-29(21,25)26;2*1-26-18-9-16-17(10-19(18)27-2)22-11-14-7-8-23(20(14)16)15-5-3-13(4-6-15)12-28(21,24)25;1-26-17-9-15-16(10-18(17)27-2)21-11-13-7-8-23(19(13)15)14-5-3-12(4-6-14)20(24)22-25/h4-11,13,26H,1,12H2,2-3H3;3-10,12,23H,11H2,1-2H3,(H2,21,25,26);2*3-11H,12H2,1-2H3,(H2,21,24,25);7-12,14,25H,3-6H2,1-2H3,(H,22,24). The Kier molecular flexibility index (Phi) is 29.0. The summed E-state index contributed by atoms with van der Waals surface area (Å²) in [6, 6.07) is 57.0. The number of methoxy groups -OCH3 is 10. The average Bonchev–Trinajstić information content (AvgIpc) is 1.59. The van der Waals surface area contributed by atoms with Gasteiger partial charge in [-0.15, -0.1) is 0 Å². The molecule has 1 amide bonds. The SMILES string of the molecule is C=CN(O)c1ccc(Cn2cnc3cnc4cc(OC)c(OC)cc4c32)cc1.COc1cc2ncc3ccn(-c4ccc(CNS(N)(=O)=O)cc4)c3c2cc1OC.COc1cc2ncc3ccn(-c4ccc(CS(N)(=O)=O)cc4)c3c2cc1OC.COc1cc2ncc3ccn(-c4ccc(CS(N)(=O)=O)cc4)c3c2cc1OC.COc1cc2ncc3ccn(C4CCC(C(=O)NO)CC4)c3c2cc1OC. The number of amides is 1. The van der Waals surface area contributed by atoms with Crippen molar-refractivity contribution in [1.29, 1.82) is 0 Å². The van der Waals surface area contributed by atoms with Crippen LogP contribution in [0.1, 0.15) is 54.0 Å². The Balaban J connectivity index is 0.000000126. The van der Waals surface area contributed by atoms with E-state index in [9.17, 15) is 35.3 Å². The lowest BCUT2D eigenvalue weighted by Crippen LogP contribution is -2.31. The van der Waals surface area contributed by atoms with E-state index in [1.54, 1.807) is 113 Å². The summed E-state index contributed by atoms with van der Waals surface area (Å²) >= 11 is 0. The second kappa shape index (κ2) is 41.7. The Morgan fingerprint density at radius 2 is 0.714 bits per heavy atom. The molecule has 0 bridgehead atoms. The summed E-state index contributed by atoms with van der Waals surface area (Å²) in [5.74, 6) is 5.58. The van der Waals surface area contributed by atoms with Crippen molar-refractivity contribution in [3.8, 4) is 74.6 Å². The maximum absolute atomic E-state index is 11.7. The number of hydrogen-bond acceptors (Lipinski definition) is 26. The third-order valence-corrected chi connectivity index (χ3v) is 26.2. The van der Waals surface area contributed by atoms with Gasteiger partial charge in [-0.05, 0) is 151 Å². The molecule has 140 heavy (non-hydrogen) atoms. The number of anilines is 1. The molecule has 0 atom stereocenters. The molecular weight excluding hydrogens is 1850 g/mol. The fourth-order valence-corrected chi connectivity index (χ4v) is 19.1. The largest absolute Gasteiger partial charge is 0.493 e. The molecule has 1 aliphatic rings. The van der Waals surface area contributed by atoms with Gasteiger partial charge in [0.2, 0.25) is 26.0 Å². The van der Waals surface area contributed by atoms with Gasteiger partial charge >= 0.3 is 0 Å². The third kappa shape index (κ3) is 21.1. The summed E-state index contributed by atoms with van der Waals surface area (Å²) < 4.78 is 134. The summed E-state index contributed by atoms with van der Waals surface area (Å²) in [5, 5.41) is 43.5. The molecule has 10 heterocycles. The molecule has 9 aromatic carbocycles. The second-order valence-corrected chi connectivity index (χ2v) is 37.3. The molecular formula is C101H101N17O19S3. The van der Waals surface area contributed by atoms with Crippen LogP contribution in [0.15, 0.2) is 257 Å². The Bertz CT molecular complexity index is 8020. The van der Waals surface area contributed by atoms with Crippen molar-refractivity contribution in [2.45, 2.75) is 56.3 Å². The lowest BCUT2D eigenvalue weighted by atomic mass is 9.85. The van der Waals surface area contributed by atoms with Crippen LogP contribution in [-0.2, 0) is 59.6 Å². The van der Waals surface area contributed by atoms with Gasteiger partial charge in [0, 0.05) is 177 Å². The predicted octanol–water partition coefficient (Wildman–Crippen LogP) is 15.9. The van der Waals surface area contributed by atoms with Gasteiger partial charge in [-0.1, -0.05) is 55.1 Å². The number of hydrogen-bond donors (Lipinski definition) is 7. The van der Waals surface area contributed by atoms with Crippen molar-refractivity contribution in [3.05, 3.63) is 279 Å². The minimum absolute atomic E-state index is 0.115. The Morgan fingerprint density at radius 1 is 0.400 bits per heavy atom. The first-order chi connectivity index (χ1) is 67.5. The number of nitrogens with two attached hydrogens (primary N) is 3. The number of ether oxygens (including phenoxy) is 10. The molecule has 10 aromatic heterocycles. The number of fused-ring (bicyclic) bond motifs is 15. The smallest absolute Gasteiger partial charge is 0.274 e. The minimum Gasteiger partial charge on any atom is -0.493 e. The molecule has 10 N–H and O–H groups in total. The fourth-order valence-electron chi connectivity index (χ4n) is 17.4. The number of rotatable bonds is 26. The number of hydroxylamine groups is 2. The third-order valence-electron chi connectivity index (χ3n) is 24.2. The minimum atomic E-state index is -3.73. The molecule has 20 rings (SSSR count). The van der Waals surface area contributed by atoms with Crippen molar-refractivity contribution in [2.24, 2.45) is 21.3 Å². The van der Waals surface area contributed by atoms with Gasteiger partial charge in [0.25, 0.3) is 10.2 Å². The molecule has 0 spiro atoms. The summed E-state index contributed by atoms with van der Waals surface area (Å²) in [7, 11) is 5.19.